The van der Waals surface area contributed by atoms with E-state index >= 15 is 0 Å². The fraction of sp³-hybridized carbons (Fsp3) is 0.231. The lowest BCUT2D eigenvalue weighted by molar-refractivity contribution is -0.118. The average Bonchev–Trinajstić information content (AvgIpc) is 3.18. The summed E-state index contributed by atoms with van der Waals surface area (Å²) >= 11 is 3.40. The summed E-state index contributed by atoms with van der Waals surface area (Å²) in [4.78, 5) is 21.4. The summed E-state index contributed by atoms with van der Waals surface area (Å²) in [6.45, 7) is 6.84. The van der Waals surface area contributed by atoms with Crippen LogP contribution in [0.15, 0.2) is 71.6 Å². The van der Waals surface area contributed by atoms with Crippen LogP contribution in [0.4, 0.5) is 5.13 Å². The summed E-state index contributed by atoms with van der Waals surface area (Å²) < 4.78 is 1.12. The summed E-state index contributed by atoms with van der Waals surface area (Å²) in [5.74, 6) is 1.10. The van der Waals surface area contributed by atoms with Crippen molar-refractivity contribution in [2.45, 2.75) is 38.6 Å². The lowest BCUT2D eigenvalue weighted by atomic mass is 10.1. The van der Waals surface area contributed by atoms with E-state index in [-0.39, 0.29) is 5.91 Å². The Morgan fingerprint density at radius 2 is 1.74 bits per heavy atom. The molecule has 0 saturated heterocycles. The number of fused-ring (bicyclic) bond motifs is 1. The molecule has 0 radical (unpaired) electrons. The minimum absolute atomic E-state index is 0.0631. The predicted molar refractivity (Wildman–Crippen MR) is 133 cm³/mol. The Morgan fingerprint density at radius 3 is 2.45 bits per heavy atom. The van der Waals surface area contributed by atoms with Crippen LogP contribution < -0.4 is 4.90 Å². The number of thiazole rings is 1. The lowest BCUT2D eigenvalue weighted by Crippen LogP contribution is -2.31. The topological polar surface area (TPSA) is 33.2 Å². The van der Waals surface area contributed by atoms with Gasteiger partial charge in [0.15, 0.2) is 5.13 Å². The van der Waals surface area contributed by atoms with E-state index in [0.29, 0.717) is 13.0 Å². The zero-order valence-corrected chi connectivity index (χ0v) is 19.7. The van der Waals surface area contributed by atoms with Gasteiger partial charge in [0.25, 0.3) is 0 Å². The monoisotopic (exact) mass is 446 g/mol. The number of carbonyl (C=O) groups excluding carboxylic acids is 1. The number of hydrogen-bond donors (Lipinski definition) is 0. The fourth-order valence-corrected chi connectivity index (χ4v) is 5.46. The number of carbonyl (C=O) groups is 1. The third-order valence-electron chi connectivity index (χ3n) is 5.12. The smallest absolute Gasteiger partial charge is 0.233 e. The molecule has 158 valence electrons. The van der Waals surface area contributed by atoms with Gasteiger partial charge >= 0.3 is 0 Å². The number of anilines is 1. The number of benzene rings is 3. The number of amides is 1. The molecule has 0 aliphatic carbocycles. The maximum absolute atomic E-state index is 13.4. The van der Waals surface area contributed by atoms with Gasteiger partial charge in [-0.05, 0) is 60.1 Å². The molecule has 0 saturated carbocycles. The van der Waals surface area contributed by atoms with Gasteiger partial charge < -0.3 is 0 Å². The number of aromatic nitrogens is 1. The van der Waals surface area contributed by atoms with Crippen LogP contribution in [0.3, 0.4) is 0 Å². The van der Waals surface area contributed by atoms with Gasteiger partial charge in [-0.15, -0.1) is 11.8 Å². The van der Waals surface area contributed by atoms with Crippen molar-refractivity contribution in [2.75, 3.05) is 10.7 Å². The summed E-state index contributed by atoms with van der Waals surface area (Å²) in [6.07, 6.45) is 0.359. The second kappa shape index (κ2) is 9.67. The molecule has 4 rings (SSSR count). The molecule has 4 aromatic rings. The molecule has 0 atom stereocenters. The maximum atomic E-state index is 13.4. The highest BCUT2D eigenvalue weighted by Crippen LogP contribution is 2.33. The standard InChI is InChI=1S/C26H26N2OS2/c1-4-30-22-12-10-20(11-13-22)16-24(29)28(17-21-8-6-5-7-9-21)26-27-25-19(3)14-18(2)15-23(25)31-26/h5-15H,4,16-17H2,1-3H3. The minimum atomic E-state index is 0.0631. The van der Waals surface area contributed by atoms with Gasteiger partial charge in [0.05, 0.1) is 23.2 Å². The van der Waals surface area contributed by atoms with E-state index in [2.05, 4.69) is 69.3 Å². The van der Waals surface area contributed by atoms with E-state index in [1.807, 2.05) is 34.9 Å². The van der Waals surface area contributed by atoms with E-state index in [9.17, 15) is 4.79 Å². The third kappa shape index (κ3) is 5.17. The highest BCUT2D eigenvalue weighted by atomic mass is 32.2. The van der Waals surface area contributed by atoms with E-state index in [1.165, 1.54) is 10.5 Å². The predicted octanol–water partition coefficient (Wildman–Crippen LogP) is 6.80. The molecule has 0 aliphatic heterocycles. The summed E-state index contributed by atoms with van der Waals surface area (Å²) in [5.41, 5.74) is 5.46. The van der Waals surface area contributed by atoms with Crippen LogP contribution >= 0.6 is 23.1 Å². The Kier molecular flexibility index (Phi) is 6.73. The van der Waals surface area contributed by atoms with Crippen LogP contribution in [-0.4, -0.2) is 16.6 Å². The maximum Gasteiger partial charge on any atom is 0.233 e. The molecule has 0 bridgehead atoms. The Morgan fingerprint density at radius 1 is 1.00 bits per heavy atom. The van der Waals surface area contributed by atoms with E-state index in [4.69, 9.17) is 4.98 Å². The second-order valence-corrected chi connectivity index (χ2v) is 9.99. The average molecular weight is 447 g/mol. The quantitative estimate of drug-likeness (QED) is 0.293. The first-order chi connectivity index (χ1) is 15.0. The van der Waals surface area contributed by atoms with Gasteiger partial charge in [0.1, 0.15) is 0 Å². The first-order valence-corrected chi connectivity index (χ1v) is 12.3. The number of nitrogens with zero attached hydrogens (tertiary/aromatic N) is 2. The molecule has 0 fully saturated rings. The van der Waals surface area contributed by atoms with E-state index in [0.717, 1.165) is 37.8 Å². The molecule has 31 heavy (non-hydrogen) atoms. The molecule has 0 spiro atoms. The largest absolute Gasteiger partial charge is 0.283 e. The molecule has 5 heteroatoms. The molecule has 0 N–H and O–H groups in total. The normalized spacial score (nSPS) is 11.1. The molecule has 1 amide bonds. The van der Waals surface area contributed by atoms with E-state index in [1.54, 1.807) is 11.3 Å². The van der Waals surface area contributed by atoms with Crippen molar-refractivity contribution < 1.29 is 4.79 Å². The molecule has 0 aliphatic rings. The minimum Gasteiger partial charge on any atom is -0.283 e. The number of thioether (sulfide) groups is 1. The molecular weight excluding hydrogens is 420 g/mol. The van der Waals surface area contributed by atoms with Gasteiger partial charge in [-0.25, -0.2) is 4.98 Å². The van der Waals surface area contributed by atoms with Gasteiger partial charge in [-0.1, -0.05) is 66.8 Å². The van der Waals surface area contributed by atoms with Gasteiger partial charge in [0, 0.05) is 4.90 Å². The molecule has 1 aromatic heterocycles. The zero-order valence-electron chi connectivity index (χ0n) is 18.1. The first-order valence-electron chi connectivity index (χ1n) is 10.5. The van der Waals surface area contributed by atoms with Crippen LogP contribution in [0.5, 0.6) is 0 Å². The van der Waals surface area contributed by atoms with Crippen molar-refractivity contribution >= 4 is 44.4 Å². The van der Waals surface area contributed by atoms with Crippen molar-refractivity contribution in [2.24, 2.45) is 0 Å². The Hall–Kier alpha value is -2.63. The first kappa shape index (κ1) is 21.6. The number of hydrogen-bond acceptors (Lipinski definition) is 4. The van der Waals surface area contributed by atoms with Crippen molar-refractivity contribution in [1.82, 2.24) is 4.98 Å². The van der Waals surface area contributed by atoms with Crippen molar-refractivity contribution in [1.29, 1.82) is 0 Å². The van der Waals surface area contributed by atoms with Crippen LogP contribution in [0, 0.1) is 13.8 Å². The van der Waals surface area contributed by atoms with Crippen molar-refractivity contribution in [3.8, 4) is 0 Å². The highest BCUT2D eigenvalue weighted by molar-refractivity contribution is 7.99. The van der Waals surface area contributed by atoms with Crippen LogP contribution in [0.2, 0.25) is 0 Å². The summed E-state index contributed by atoms with van der Waals surface area (Å²) in [6, 6.07) is 22.7. The van der Waals surface area contributed by atoms with Crippen LogP contribution in [0.25, 0.3) is 10.2 Å². The summed E-state index contributed by atoms with van der Waals surface area (Å²) in [5, 5.41) is 0.760. The van der Waals surface area contributed by atoms with Gasteiger partial charge in [0.2, 0.25) is 5.91 Å². The summed E-state index contributed by atoms with van der Waals surface area (Å²) in [7, 11) is 0. The molecule has 1 heterocycles. The van der Waals surface area contributed by atoms with Crippen molar-refractivity contribution in [3.05, 3.63) is 89.0 Å². The second-order valence-electron chi connectivity index (χ2n) is 7.64. The van der Waals surface area contributed by atoms with Gasteiger partial charge in [-0.3, -0.25) is 9.69 Å². The Balaban J connectivity index is 1.65. The molecule has 0 unspecified atom stereocenters. The Labute approximate surface area is 192 Å². The molecule has 3 nitrogen and oxygen atoms in total. The van der Waals surface area contributed by atoms with Gasteiger partial charge in [-0.2, -0.15) is 0 Å². The SMILES string of the molecule is CCSc1ccc(CC(=O)N(Cc2ccccc2)c2nc3c(C)cc(C)cc3s2)cc1. The fourth-order valence-electron chi connectivity index (χ4n) is 3.64. The van der Waals surface area contributed by atoms with Crippen molar-refractivity contribution in [3.63, 3.8) is 0 Å². The van der Waals surface area contributed by atoms with Crippen LogP contribution in [-0.2, 0) is 17.8 Å². The van der Waals surface area contributed by atoms with Crippen LogP contribution in [0.1, 0.15) is 29.2 Å². The highest BCUT2D eigenvalue weighted by Gasteiger charge is 2.21. The lowest BCUT2D eigenvalue weighted by Gasteiger charge is -2.20. The molecule has 3 aromatic carbocycles. The number of aryl methyl sites for hydroxylation is 2. The Bertz CT molecular complexity index is 1180. The third-order valence-corrected chi connectivity index (χ3v) is 7.04. The van der Waals surface area contributed by atoms with E-state index < -0.39 is 0 Å². The zero-order chi connectivity index (χ0) is 21.8. The number of rotatable bonds is 7. The molecular formula is C26H26N2OS2.